The average molecular weight is 351 g/mol. The van der Waals surface area contributed by atoms with Crippen LogP contribution in [0.15, 0.2) is 24.4 Å². The lowest BCUT2D eigenvalue weighted by Crippen LogP contribution is -2.15. The van der Waals surface area contributed by atoms with Gasteiger partial charge in [0, 0.05) is 6.20 Å². The van der Waals surface area contributed by atoms with Crippen molar-refractivity contribution in [3.05, 3.63) is 35.8 Å². The summed E-state index contributed by atoms with van der Waals surface area (Å²) in [5, 5.41) is 20.4. The minimum atomic E-state index is -3.48. The van der Waals surface area contributed by atoms with Crippen molar-refractivity contribution < 1.29 is 18.3 Å². The first kappa shape index (κ1) is 15.9. The van der Waals surface area contributed by atoms with Gasteiger partial charge in [-0.05, 0) is 24.3 Å². The molecule has 0 bridgehead atoms. The summed E-state index contributed by atoms with van der Waals surface area (Å²) in [4.78, 5) is 16.6. The molecule has 0 radical (unpaired) electrons. The number of aromatic nitrogens is 6. The van der Waals surface area contributed by atoms with E-state index in [-0.39, 0.29) is 23.9 Å². The molecule has 3 aromatic heterocycles. The molecule has 0 aliphatic rings. The number of nitrogens with zero attached hydrogens (tertiary/aromatic N) is 6. The number of aromatic carboxylic acids is 1. The number of tetrazole rings is 1. The van der Waals surface area contributed by atoms with Gasteiger partial charge >= 0.3 is 5.97 Å². The van der Waals surface area contributed by atoms with Gasteiger partial charge in [0.15, 0.2) is 0 Å². The predicted molar refractivity (Wildman–Crippen MR) is 82.2 cm³/mol. The Labute approximate surface area is 136 Å². The Morgan fingerprint density at radius 1 is 1.38 bits per heavy atom. The first-order chi connectivity index (χ1) is 11.4. The van der Waals surface area contributed by atoms with E-state index in [0.29, 0.717) is 11.3 Å². The van der Waals surface area contributed by atoms with Crippen molar-refractivity contribution in [3.8, 4) is 0 Å². The average Bonchev–Trinajstić information content (AvgIpc) is 3.12. The van der Waals surface area contributed by atoms with Crippen LogP contribution in [0.4, 0.5) is 5.95 Å². The number of carbonyl (C=O) groups is 1. The molecule has 3 heterocycles. The number of carboxylic acids is 1. The molecule has 0 aliphatic heterocycles. The van der Waals surface area contributed by atoms with Crippen LogP contribution in [0.5, 0.6) is 0 Å². The largest absolute Gasteiger partial charge is 0.477 e. The number of pyridine rings is 1. The lowest BCUT2D eigenvalue weighted by Gasteiger charge is -1.98. The lowest BCUT2D eigenvalue weighted by atomic mass is 10.3. The summed E-state index contributed by atoms with van der Waals surface area (Å²) in [5.41, 5.74) is 1.05. The van der Waals surface area contributed by atoms with Crippen LogP contribution in [-0.2, 0) is 16.6 Å². The minimum absolute atomic E-state index is 0.0780. The van der Waals surface area contributed by atoms with E-state index in [1.54, 1.807) is 18.3 Å². The normalized spacial score (nSPS) is 11.7. The maximum atomic E-state index is 11.5. The highest BCUT2D eigenvalue weighted by Gasteiger charge is 2.14. The number of hydrogen-bond donors (Lipinski definition) is 2. The Hall–Kier alpha value is -3.02. The van der Waals surface area contributed by atoms with Crippen LogP contribution in [0.2, 0.25) is 0 Å². The van der Waals surface area contributed by atoms with E-state index in [0.717, 1.165) is 4.80 Å². The fourth-order valence-corrected chi connectivity index (χ4v) is 2.52. The van der Waals surface area contributed by atoms with Crippen LogP contribution in [0.25, 0.3) is 5.65 Å². The monoisotopic (exact) mass is 351 g/mol. The highest BCUT2D eigenvalue weighted by atomic mass is 32.2. The molecule has 24 heavy (non-hydrogen) atoms. The molecule has 0 unspecified atom stereocenters. The Bertz CT molecular complexity index is 1010. The van der Waals surface area contributed by atoms with Crippen LogP contribution in [0.3, 0.4) is 0 Å². The van der Waals surface area contributed by atoms with Gasteiger partial charge < -0.3 is 5.11 Å². The molecule has 0 saturated heterocycles. The summed E-state index contributed by atoms with van der Waals surface area (Å²) in [7, 11) is -3.48. The van der Waals surface area contributed by atoms with Gasteiger partial charge in [-0.1, -0.05) is 11.2 Å². The Balaban J connectivity index is 1.84. The van der Waals surface area contributed by atoms with Crippen molar-refractivity contribution in [1.82, 2.24) is 29.6 Å². The topological polar surface area (TPSA) is 144 Å². The van der Waals surface area contributed by atoms with E-state index >= 15 is 0 Å². The maximum Gasteiger partial charge on any atom is 0.352 e. The summed E-state index contributed by atoms with van der Waals surface area (Å²) < 4.78 is 26.5. The molecule has 0 amide bonds. The van der Waals surface area contributed by atoms with Gasteiger partial charge in [0.25, 0.3) is 5.95 Å². The second-order valence-corrected chi connectivity index (χ2v) is 6.84. The van der Waals surface area contributed by atoms with Gasteiger partial charge in [0.05, 0.1) is 11.4 Å². The number of carboxylic acid groups (broad SMARTS) is 1. The zero-order chi connectivity index (χ0) is 17.3. The van der Waals surface area contributed by atoms with Crippen LogP contribution in [0.1, 0.15) is 23.1 Å². The van der Waals surface area contributed by atoms with Gasteiger partial charge in [-0.15, -0.1) is 5.10 Å². The molecular formula is C12H13N7O4S. The molecule has 0 fully saturated rings. The zero-order valence-electron chi connectivity index (χ0n) is 12.5. The minimum Gasteiger partial charge on any atom is -0.477 e. The third kappa shape index (κ3) is 3.17. The third-order valence-corrected chi connectivity index (χ3v) is 4.40. The van der Waals surface area contributed by atoms with Gasteiger partial charge in [0.1, 0.15) is 17.9 Å². The van der Waals surface area contributed by atoms with Crippen molar-refractivity contribution >= 4 is 27.6 Å². The first-order valence-electron chi connectivity index (χ1n) is 6.86. The van der Waals surface area contributed by atoms with Gasteiger partial charge in [0.2, 0.25) is 10.0 Å². The number of rotatable bonds is 6. The van der Waals surface area contributed by atoms with Gasteiger partial charge in [-0.25, -0.2) is 22.9 Å². The number of anilines is 1. The van der Waals surface area contributed by atoms with Crippen LogP contribution < -0.4 is 4.72 Å². The van der Waals surface area contributed by atoms with E-state index in [1.807, 2.05) is 0 Å². The third-order valence-electron chi connectivity index (χ3n) is 3.14. The van der Waals surface area contributed by atoms with Crippen LogP contribution in [0, 0.1) is 0 Å². The van der Waals surface area contributed by atoms with Crippen LogP contribution >= 0.6 is 0 Å². The number of imidazole rings is 1. The van der Waals surface area contributed by atoms with Crippen molar-refractivity contribution in [2.75, 3.05) is 10.5 Å². The number of hydrogen-bond acceptors (Lipinski definition) is 7. The molecule has 2 N–H and O–H groups in total. The summed E-state index contributed by atoms with van der Waals surface area (Å²) in [6.07, 6.45) is 1.55. The molecule has 0 spiro atoms. The molecule has 3 aromatic rings. The number of nitrogens with one attached hydrogen (secondary N) is 1. The molecule has 0 atom stereocenters. The maximum absolute atomic E-state index is 11.5. The van der Waals surface area contributed by atoms with Crippen molar-refractivity contribution in [1.29, 1.82) is 0 Å². The number of fused-ring (bicyclic) bond motifs is 1. The second kappa shape index (κ2) is 5.88. The fraction of sp³-hybridized carbons (Fsp3) is 0.250. The summed E-state index contributed by atoms with van der Waals surface area (Å²) in [5.74, 6) is -1.31. The lowest BCUT2D eigenvalue weighted by molar-refractivity contribution is 0.0689. The summed E-state index contributed by atoms with van der Waals surface area (Å²) in [6, 6.07) is 4.73. The highest BCUT2D eigenvalue weighted by molar-refractivity contribution is 7.92. The fourth-order valence-electron chi connectivity index (χ4n) is 2.02. The number of sulfonamides is 1. The smallest absolute Gasteiger partial charge is 0.352 e. The summed E-state index contributed by atoms with van der Waals surface area (Å²) in [6.45, 7) is 1.60. The molecule has 126 valence electrons. The SMILES string of the molecule is CCS(=O)(=O)Nc1nnn(Cc2cn3c(C(=O)O)cccc3n2)n1. The van der Waals surface area contributed by atoms with E-state index in [1.165, 1.54) is 17.4 Å². The van der Waals surface area contributed by atoms with Gasteiger partial charge in [-0.2, -0.15) is 4.80 Å². The van der Waals surface area contributed by atoms with E-state index < -0.39 is 16.0 Å². The van der Waals surface area contributed by atoms with Crippen molar-refractivity contribution in [2.45, 2.75) is 13.5 Å². The predicted octanol–water partition coefficient (Wildman–Crippen LogP) is -0.171. The zero-order valence-corrected chi connectivity index (χ0v) is 13.3. The Morgan fingerprint density at radius 2 is 2.17 bits per heavy atom. The van der Waals surface area contributed by atoms with Crippen molar-refractivity contribution in [3.63, 3.8) is 0 Å². The van der Waals surface area contributed by atoms with Gasteiger partial charge in [-0.3, -0.25) is 4.40 Å². The van der Waals surface area contributed by atoms with E-state index in [9.17, 15) is 13.2 Å². The van der Waals surface area contributed by atoms with Crippen molar-refractivity contribution in [2.24, 2.45) is 0 Å². The molecule has 0 aromatic carbocycles. The molecule has 11 nitrogen and oxygen atoms in total. The highest BCUT2D eigenvalue weighted by Crippen LogP contribution is 2.10. The standard InChI is InChI=1S/C12H13N7O4S/c1-2-24(22,23)16-12-14-17-19(15-12)7-8-6-18-9(11(20)21)4-3-5-10(18)13-8/h3-6H,2,7H2,1H3,(H,15,16)(H,20,21). The summed E-state index contributed by atoms with van der Waals surface area (Å²) >= 11 is 0. The Kier molecular flexibility index (Phi) is 3.89. The molecule has 12 heteroatoms. The quantitative estimate of drug-likeness (QED) is 0.622. The molecular weight excluding hydrogens is 338 g/mol. The second-order valence-electron chi connectivity index (χ2n) is 4.83. The van der Waals surface area contributed by atoms with E-state index in [4.69, 9.17) is 5.11 Å². The molecule has 0 saturated carbocycles. The first-order valence-corrected chi connectivity index (χ1v) is 8.52. The van der Waals surface area contributed by atoms with Crippen LogP contribution in [-0.4, -0.2) is 54.8 Å². The van der Waals surface area contributed by atoms with E-state index in [2.05, 4.69) is 25.1 Å². The Morgan fingerprint density at radius 3 is 2.88 bits per heavy atom. The molecule has 0 aliphatic carbocycles. The molecule has 3 rings (SSSR count).